The van der Waals surface area contributed by atoms with Gasteiger partial charge in [0, 0.05) is 44.2 Å². The second-order valence-corrected chi connectivity index (χ2v) is 7.05. The molecule has 3 rings (SSSR count). The molecule has 2 heterocycles. The minimum Gasteiger partial charge on any atom is -0.396 e. The molecule has 1 saturated heterocycles. The lowest BCUT2D eigenvalue weighted by molar-refractivity contribution is 0.0996. The van der Waals surface area contributed by atoms with Crippen LogP contribution in [-0.2, 0) is 6.54 Å². The van der Waals surface area contributed by atoms with Crippen LogP contribution in [0.2, 0.25) is 0 Å². The van der Waals surface area contributed by atoms with Crippen LogP contribution < -0.4 is 10.6 Å². The molecule has 1 aliphatic heterocycles. The highest BCUT2D eigenvalue weighted by Crippen LogP contribution is 2.25. The first-order valence-corrected chi connectivity index (χ1v) is 9.15. The van der Waals surface area contributed by atoms with Gasteiger partial charge in [0.05, 0.1) is 0 Å². The van der Waals surface area contributed by atoms with Crippen molar-refractivity contribution in [2.45, 2.75) is 19.0 Å². The smallest absolute Gasteiger partial charge is 0.268 e. The lowest BCUT2D eigenvalue weighted by Gasteiger charge is -2.41. The number of carbonyl (C=O) groups is 1. The largest absolute Gasteiger partial charge is 0.396 e. The Bertz CT molecular complexity index is 786. The van der Waals surface area contributed by atoms with E-state index in [4.69, 9.17) is 5.73 Å². The lowest BCUT2D eigenvalue weighted by Crippen LogP contribution is -2.53. The van der Waals surface area contributed by atoms with Crippen molar-refractivity contribution >= 4 is 22.4 Å². The Morgan fingerprint density at radius 2 is 2.15 bits per heavy atom. The van der Waals surface area contributed by atoms with Gasteiger partial charge in [-0.3, -0.25) is 9.69 Å². The molecular formula is C17H20F2N4O2S. The quantitative estimate of drug-likeness (QED) is 0.793. The van der Waals surface area contributed by atoms with E-state index in [9.17, 15) is 18.7 Å². The summed E-state index contributed by atoms with van der Waals surface area (Å²) in [5.74, 6) is -2.28. The third kappa shape index (κ3) is 4.17. The third-order valence-corrected chi connectivity index (χ3v) is 5.35. The molecule has 1 aliphatic rings. The molecule has 140 valence electrons. The van der Waals surface area contributed by atoms with Gasteiger partial charge in [-0.2, -0.15) is 0 Å². The number of carbonyl (C=O) groups excluding carboxylic acids is 1. The second-order valence-electron chi connectivity index (χ2n) is 6.21. The molecule has 0 spiro atoms. The van der Waals surface area contributed by atoms with Gasteiger partial charge in [-0.15, -0.1) is 11.3 Å². The normalized spacial score (nSPS) is 18.3. The Labute approximate surface area is 153 Å². The van der Waals surface area contributed by atoms with Gasteiger partial charge < -0.3 is 15.7 Å². The summed E-state index contributed by atoms with van der Waals surface area (Å²) in [5.41, 5.74) is 6.18. The summed E-state index contributed by atoms with van der Waals surface area (Å²) in [5, 5.41) is 11.7. The standard InChI is InChI=1S/C17H20F2N4O2S/c18-13-2-1-11(7-14(13)19)8-22-4-5-23(9-12(22)3-6-24)17-21-15(10-26-17)16(20)25/h1-2,7,10,12,24H,3-6,8-9H2,(H2,20,25)/t12-/m0/s1. The molecule has 1 atom stereocenters. The summed E-state index contributed by atoms with van der Waals surface area (Å²) in [7, 11) is 0. The molecular weight excluding hydrogens is 362 g/mol. The highest BCUT2D eigenvalue weighted by molar-refractivity contribution is 7.13. The van der Waals surface area contributed by atoms with Crippen molar-refractivity contribution in [3.05, 3.63) is 46.5 Å². The molecule has 1 fully saturated rings. The van der Waals surface area contributed by atoms with Gasteiger partial charge in [-0.05, 0) is 24.1 Å². The summed E-state index contributed by atoms with van der Waals surface area (Å²) in [6, 6.07) is 3.93. The number of aliphatic hydroxyl groups is 1. The molecule has 0 aliphatic carbocycles. The molecule has 1 aromatic heterocycles. The summed E-state index contributed by atoms with van der Waals surface area (Å²) in [4.78, 5) is 19.7. The van der Waals surface area contributed by atoms with Gasteiger partial charge in [0.2, 0.25) is 0 Å². The maximum absolute atomic E-state index is 13.4. The molecule has 0 unspecified atom stereocenters. The zero-order valence-electron chi connectivity index (χ0n) is 14.1. The monoisotopic (exact) mass is 382 g/mol. The Balaban J connectivity index is 1.70. The number of hydrogen-bond donors (Lipinski definition) is 2. The molecule has 1 amide bonds. The minimum absolute atomic E-state index is 0.0250. The van der Waals surface area contributed by atoms with Crippen LogP contribution in [0.1, 0.15) is 22.5 Å². The van der Waals surface area contributed by atoms with Crippen LogP contribution in [0.15, 0.2) is 23.6 Å². The maximum Gasteiger partial charge on any atom is 0.268 e. The van der Waals surface area contributed by atoms with E-state index in [1.165, 1.54) is 17.4 Å². The summed E-state index contributed by atoms with van der Waals surface area (Å²) < 4.78 is 26.5. The maximum atomic E-state index is 13.4. The Hall–Kier alpha value is -2.10. The zero-order chi connectivity index (χ0) is 18.7. The molecule has 6 nitrogen and oxygen atoms in total. The number of primary amides is 1. The molecule has 26 heavy (non-hydrogen) atoms. The van der Waals surface area contributed by atoms with E-state index >= 15 is 0 Å². The number of anilines is 1. The van der Waals surface area contributed by atoms with Crippen molar-refractivity contribution in [3.63, 3.8) is 0 Å². The van der Waals surface area contributed by atoms with Crippen LogP contribution in [0.4, 0.5) is 13.9 Å². The number of nitrogens with two attached hydrogens (primary N) is 1. The van der Waals surface area contributed by atoms with E-state index in [2.05, 4.69) is 14.8 Å². The number of hydrogen-bond acceptors (Lipinski definition) is 6. The van der Waals surface area contributed by atoms with E-state index in [0.29, 0.717) is 43.3 Å². The Kier molecular flexibility index (Phi) is 5.80. The van der Waals surface area contributed by atoms with Crippen LogP contribution in [0, 0.1) is 11.6 Å². The first-order valence-electron chi connectivity index (χ1n) is 8.27. The van der Waals surface area contributed by atoms with Gasteiger partial charge in [0.1, 0.15) is 5.69 Å². The summed E-state index contributed by atoms with van der Waals surface area (Å²) in [6.45, 7) is 2.47. The van der Waals surface area contributed by atoms with E-state index in [1.54, 1.807) is 11.4 Å². The number of amides is 1. The molecule has 0 saturated carbocycles. The lowest BCUT2D eigenvalue weighted by atomic mass is 10.1. The van der Waals surface area contributed by atoms with Crippen molar-refractivity contribution in [2.75, 3.05) is 31.1 Å². The van der Waals surface area contributed by atoms with E-state index < -0.39 is 17.5 Å². The third-order valence-electron chi connectivity index (χ3n) is 4.45. The fourth-order valence-electron chi connectivity index (χ4n) is 3.09. The molecule has 0 radical (unpaired) electrons. The highest BCUT2D eigenvalue weighted by atomic mass is 32.1. The van der Waals surface area contributed by atoms with Crippen LogP contribution in [0.3, 0.4) is 0 Å². The number of nitrogens with zero attached hydrogens (tertiary/aromatic N) is 3. The van der Waals surface area contributed by atoms with Crippen LogP contribution in [0.25, 0.3) is 0 Å². The van der Waals surface area contributed by atoms with Crippen molar-refractivity contribution < 1.29 is 18.7 Å². The number of piperazine rings is 1. The number of rotatable bonds is 6. The number of aromatic nitrogens is 1. The number of thiazole rings is 1. The zero-order valence-corrected chi connectivity index (χ0v) is 14.9. The van der Waals surface area contributed by atoms with Crippen LogP contribution in [-0.4, -0.2) is 53.2 Å². The van der Waals surface area contributed by atoms with E-state index in [-0.39, 0.29) is 18.3 Å². The first-order chi connectivity index (χ1) is 12.5. The first kappa shape index (κ1) is 18.7. The van der Waals surface area contributed by atoms with E-state index in [1.807, 2.05) is 0 Å². The Morgan fingerprint density at radius 1 is 1.35 bits per heavy atom. The number of halogens is 2. The van der Waals surface area contributed by atoms with Crippen molar-refractivity contribution in [2.24, 2.45) is 5.73 Å². The van der Waals surface area contributed by atoms with Gasteiger partial charge >= 0.3 is 0 Å². The van der Waals surface area contributed by atoms with Crippen molar-refractivity contribution in [1.82, 2.24) is 9.88 Å². The van der Waals surface area contributed by atoms with Gasteiger partial charge in [0.25, 0.3) is 5.91 Å². The molecule has 2 aromatic rings. The molecule has 1 aromatic carbocycles. The van der Waals surface area contributed by atoms with Gasteiger partial charge in [-0.25, -0.2) is 13.8 Å². The topological polar surface area (TPSA) is 82.7 Å². The van der Waals surface area contributed by atoms with E-state index in [0.717, 1.165) is 6.07 Å². The SMILES string of the molecule is NC(=O)c1csc(N2CCN(Cc3ccc(F)c(F)c3)[C@@H](CCO)C2)n1. The van der Waals surface area contributed by atoms with Crippen LogP contribution in [0.5, 0.6) is 0 Å². The Morgan fingerprint density at radius 3 is 2.81 bits per heavy atom. The average molecular weight is 382 g/mol. The predicted molar refractivity (Wildman–Crippen MR) is 95.1 cm³/mol. The molecule has 0 bridgehead atoms. The average Bonchev–Trinajstić information content (AvgIpc) is 3.10. The van der Waals surface area contributed by atoms with Gasteiger partial charge in [-0.1, -0.05) is 6.07 Å². The van der Waals surface area contributed by atoms with Gasteiger partial charge in [0.15, 0.2) is 16.8 Å². The fourth-order valence-corrected chi connectivity index (χ4v) is 3.94. The fraction of sp³-hybridized carbons (Fsp3) is 0.412. The van der Waals surface area contributed by atoms with Crippen molar-refractivity contribution in [3.8, 4) is 0 Å². The summed E-state index contributed by atoms with van der Waals surface area (Å²) >= 11 is 1.35. The predicted octanol–water partition coefficient (Wildman–Crippen LogP) is 1.59. The minimum atomic E-state index is -0.862. The number of benzene rings is 1. The number of aliphatic hydroxyl groups excluding tert-OH is 1. The summed E-state index contributed by atoms with van der Waals surface area (Å²) in [6.07, 6.45) is 0.550. The second kappa shape index (κ2) is 8.07. The van der Waals surface area contributed by atoms with Crippen molar-refractivity contribution in [1.29, 1.82) is 0 Å². The molecule has 9 heteroatoms. The molecule has 3 N–H and O–H groups in total. The van der Waals surface area contributed by atoms with Crippen LogP contribution >= 0.6 is 11.3 Å². The highest BCUT2D eigenvalue weighted by Gasteiger charge is 2.28.